The molecule has 0 saturated heterocycles. The number of rotatable bonds is 4. The van der Waals surface area contributed by atoms with Crippen molar-refractivity contribution in [3.8, 4) is 22.3 Å². The zero-order valence-electron chi connectivity index (χ0n) is 28.9. The standard InChI is InChI=1S/C49H33NS2/c1-49(2)43-12-6-3-9-37(43)41-28-35(22-24-44(41)49)50(36-21-23-40-38-10-4-7-13-45(38)52-48(40)29-36)34-19-17-30(18-20-34)31-15-16-32-27-47-42(26-33(32)25-31)39-11-5-8-14-46(39)51-47/h3-29H,1-2H3. The van der Waals surface area contributed by atoms with Crippen molar-refractivity contribution < 1.29 is 0 Å². The third kappa shape index (κ3) is 4.46. The van der Waals surface area contributed by atoms with Crippen LogP contribution in [0.5, 0.6) is 0 Å². The molecular formula is C49H33NS2. The van der Waals surface area contributed by atoms with Crippen LogP contribution in [0.3, 0.4) is 0 Å². The molecule has 0 aliphatic heterocycles. The number of fused-ring (bicyclic) bond motifs is 10. The number of nitrogens with zero attached hydrogens (tertiary/aromatic N) is 1. The van der Waals surface area contributed by atoms with Crippen molar-refractivity contribution in [2.75, 3.05) is 4.90 Å². The van der Waals surface area contributed by atoms with Crippen molar-refractivity contribution in [3.63, 3.8) is 0 Å². The Morgan fingerprint density at radius 3 is 1.79 bits per heavy atom. The predicted molar refractivity (Wildman–Crippen MR) is 227 cm³/mol. The Labute approximate surface area is 310 Å². The summed E-state index contributed by atoms with van der Waals surface area (Å²) < 4.78 is 5.32. The van der Waals surface area contributed by atoms with E-state index in [2.05, 4.69) is 183 Å². The van der Waals surface area contributed by atoms with Crippen molar-refractivity contribution in [2.45, 2.75) is 19.3 Å². The predicted octanol–water partition coefficient (Wildman–Crippen LogP) is 15.0. The second-order valence-corrected chi connectivity index (χ2v) is 16.7. The molecule has 10 aromatic rings. The van der Waals surface area contributed by atoms with E-state index in [9.17, 15) is 0 Å². The summed E-state index contributed by atoms with van der Waals surface area (Å²) in [7, 11) is 0. The van der Waals surface area contributed by atoms with Crippen LogP contribution in [0.1, 0.15) is 25.0 Å². The van der Waals surface area contributed by atoms with Gasteiger partial charge in [-0.1, -0.05) is 111 Å². The van der Waals surface area contributed by atoms with Gasteiger partial charge in [0, 0.05) is 62.8 Å². The maximum Gasteiger partial charge on any atom is 0.0476 e. The first-order valence-electron chi connectivity index (χ1n) is 17.9. The van der Waals surface area contributed by atoms with Gasteiger partial charge in [-0.05, 0) is 111 Å². The smallest absolute Gasteiger partial charge is 0.0476 e. The topological polar surface area (TPSA) is 3.24 Å². The van der Waals surface area contributed by atoms with Gasteiger partial charge in [-0.25, -0.2) is 0 Å². The number of hydrogen-bond donors (Lipinski definition) is 0. The van der Waals surface area contributed by atoms with Crippen LogP contribution in [0.25, 0.3) is 73.4 Å². The molecule has 1 nitrogen and oxygen atoms in total. The van der Waals surface area contributed by atoms with Gasteiger partial charge in [0.05, 0.1) is 0 Å². The van der Waals surface area contributed by atoms with Gasteiger partial charge in [-0.15, -0.1) is 22.7 Å². The van der Waals surface area contributed by atoms with E-state index < -0.39 is 0 Å². The number of thiophene rings is 2. The minimum atomic E-state index is -0.0327. The molecule has 2 heterocycles. The van der Waals surface area contributed by atoms with E-state index in [-0.39, 0.29) is 5.41 Å². The molecule has 246 valence electrons. The Morgan fingerprint density at radius 2 is 0.981 bits per heavy atom. The van der Waals surface area contributed by atoms with Gasteiger partial charge in [0.15, 0.2) is 0 Å². The fourth-order valence-corrected chi connectivity index (χ4v) is 10.9. The van der Waals surface area contributed by atoms with Crippen LogP contribution in [0, 0.1) is 0 Å². The molecule has 8 aromatic carbocycles. The molecule has 0 unspecified atom stereocenters. The van der Waals surface area contributed by atoms with Gasteiger partial charge in [0.2, 0.25) is 0 Å². The van der Waals surface area contributed by atoms with Gasteiger partial charge >= 0.3 is 0 Å². The van der Waals surface area contributed by atoms with E-state index in [0.717, 1.165) is 17.1 Å². The quantitative estimate of drug-likeness (QED) is 0.177. The molecule has 0 fully saturated rings. The second kappa shape index (κ2) is 11.1. The monoisotopic (exact) mass is 699 g/mol. The molecule has 3 heteroatoms. The molecule has 1 aliphatic carbocycles. The van der Waals surface area contributed by atoms with Gasteiger partial charge in [-0.2, -0.15) is 0 Å². The highest BCUT2D eigenvalue weighted by molar-refractivity contribution is 7.26. The Morgan fingerprint density at radius 1 is 0.385 bits per heavy atom. The Hall–Kier alpha value is -5.74. The molecule has 0 N–H and O–H groups in total. The minimum absolute atomic E-state index is 0.0327. The first kappa shape index (κ1) is 29.9. The van der Waals surface area contributed by atoms with Crippen LogP contribution in [0.4, 0.5) is 17.1 Å². The molecule has 0 radical (unpaired) electrons. The maximum absolute atomic E-state index is 2.43. The Bertz CT molecular complexity index is 3050. The third-order valence-corrected chi connectivity index (χ3v) is 13.5. The summed E-state index contributed by atoms with van der Waals surface area (Å²) in [5.41, 5.74) is 11.3. The molecule has 2 aromatic heterocycles. The lowest BCUT2D eigenvalue weighted by molar-refractivity contribution is 0.660. The molecule has 0 amide bonds. The molecule has 52 heavy (non-hydrogen) atoms. The summed E-state index contributed by atoms with van der Waals surface area (Å²) in [6, 6.07) is 61.2. The summed E-state index contributed by atoms with van der Waals surface area (Å²) in [5.74, 6) is 0. The van der Waals surface area contributed by atoms with Gasteiger partial charge in [0.25, 0.3) is 0 Å². The van der Waals surface area contributed by atoms with Crippen LogP contribution >= 0.6 is 22.7 Å². The molecule has 0 atom stereocenters. The van der Waals surface area contributed by atoms with Crippen molar-refractivity contribution >= 4 is 90.9 Å². The van der Waals surface area contributed by atoms with Crippen LogP contribution in [-0.4, -0.2) is 0 Å². The van der Waals surface area contributed by atoms with Crippen LogP contribution in [0.2, 0.25) is 0 Å². The highest BCUT2D eigenvalue weighted by Crippen LogP contribution is 2.51. The lowest BCUT2D eigenvalue weighted by Gasteiger charge is -2.27. The third-order valence-electron chi connectivity index (χ3n) is 11.2. The summed E-state index contributed by atoms with van der Waals surface area (Å²) >= 11 is 3.75. The molecular weight excluding hydrogens is 667 g/mol. The molecule has 0 saturated carbocycles. The Kier molecular flexibility index (Phi) is 6.41. The SMILES string of the molecule is CC1(C)c2ccccc2-c2cc(N(c3ccc(-c4ccc5cc6sc7ccccc7c6cc5c4)cc3)c3ccc4c(c3)sc3ccccc34)ccc21. The fraction of sp³-hybridized carbons (Fsp3) is 0.0612. The normalized spacial score (nSPS) is 13.3. The van der Waals surface area contributed by atoms with Gasteiger partial charge < -0.3 is 4.90 Å². The van der Waals surface area contributed by atoms with Crippen molar-refractivity contribution in [1.82, 2.24) is 0 Å². The van der Waals surface area contributed by atoms with E-state index in [1.165, 1.54) is 84.5 Å². The average molecular weight is 700 g/mol. The molecule has 1 aliphatic rings. The number of anilines is 3. The average Bonchev–Trinajstić information content (AvgIpc) is 3.81. The highest BCUT2D eigenvalue weighted by atomic mass is 32.1. The van der Waals surface area contributed by atoms with E-state index in [0.29, 0.717) is 0 Å². The maximum atomic E-state index is 2.43. The van der Waals surface area contributed by atoms with Crippen molar-refractivity contribution in [3.05, 3.63) is 175 Å². The molecule has 11 rings (SSSR count). The summed E-state index contributed by atoms with van der Waals surface area (Å²) in [6.07, 6.45) is 0. The first-order chi connectivity index (χ1) is 25.5. The summed E-state index contributed by atoms with van der Waals surface area (Å²) in [5, 5.41) is 7.87. The molecule has 0 bridgehead atoms. The summed E-state index contributed by atoms with van der Waals surface area (Å²) in [4.78, 5) is 2.43. The largest absolute Gasteiger partial charge is 0.310 e. The zero-order chi connectivity index (χ0) is 34.6. The van der Waals surface area contributed by atoms with E-state index in [1.54, 1.807) is 0 Å². The van der Waals surface area contributed by atoms with Crippen LogP contribution in [0.15, 0.2) is 164 Å². The van der Waals surface area contributed by atoms with Crippen LogP contribution in [-0.2, 0) is 5.41 Å². The first-order valence-corrected chi connectivity index (χ1v) is 19.5. The van der Waals surface area contributed by atoms with Crippen molar-refractivity contribution in [1.29, 1.82) is 0 Å². The van der Waals surface area contributed by atoms with Crippen molar-refractivity contribution in [2.24, 2.45) is 0 Å². The Balaban J connectivity index is 1.04. The van der Waals surface area contributed by atoms with E-state index in [4.69, 9.17) is 0 Å². The number of hydrogen-bond acceptors (Lipinski definition) is 3. The lowest BCUT2D eigenvalue weighted by Crippen LogP contribution is -2.15. The lowest BCUT2D eigenvalue weighted by atomic mass is 9.82. The van der Waals surface area contributed by atoms with Gasteiger partial charge in [-0.3, -0.25) is 0 Å². The summed E-state index contributed by atoms with van der Waals surface area (Å²) in [6.45, 7) is 4.70. The zero-order valence-corrected chi connectivity index (χ0v) is 30.5. The number of benzene rings is 8. The fourth-order valence-electron chi connectivity index (χ4n) is 8.60. The minimum Gasteiger partial charge on any atom is -0.310 e. The van der Waals surface area contributed by atoms with Gasteiger partial charge in [0.1, 0.15) is 0 Å². The van der Waals surface area contributed by atoms with E-state index in [1.807, 2.05) is 22.7 Å². The second-order valence-electron chi connectivity index (χ2n) is 14.6. The highest BCUT2D eigenvalue weighted by Gasteiger charge is 2.35. The van der Waals surface area contributed by atoms with E-state index >= 15 is 0 Å². The van der Waals surface area contributed by atoms with Crippen LogP contribution < -0.4 is 4.90 Å². The molecule has 0 spiro atoms.